The number of rotatable bonds is 2. The molecule has 11 heavy (non-hydrogen) atoms. The molecule has 0 aliphatic carbocycles. The normalized spacial score (nSPS) is 12.5. The van der Waals surface area contributed by atoms with Crippen LogP contribution in [-0.2, 0) is 5.11 Å². The number of hydrogen-bond acceptors (Lipinski definition) is 0. The van der Waals surface area contributed by atoms with Crippen LogP contribution >= 0.6 is 0 Å². The van der Waals surface area contributed by atoms with E-state index in [-0.39, 0.29) is 0 Å². The van der Waals surface area contributed by atoms with Gasteiger partial charge in [0.2, 0.25) is 0 Å². The van der Waals surface area contributed by atoms with E-state index in [9.17, 15) is 5.11 Å². The van der Waals surface area contributed by atoms with Gasteiger partial charge in [-0.05, 0) is 18.1 Å². The van der Waals surface area contributed by atoms with E-state index >= 15 is 0 Å². The predicted molar refractivity (Wildman–Crippen MR) is 44.7 cm³/mol. The molecule has 0 spiro atoms. The molecule has 0 saturated carbocycles. The molecule has 1 unspecified atom stereocenters. The standard InChI is InChI=1S/C10H11O/c1-8(2)10(11)9-6-4-3-5-7-9/h3-7,10H,1H2,2H3. The third kappa shape index (κ3) is 1.92. The summed E-state index contributed by atoms with van der Waals surface area (Å²) in [5.74, 6) is 0. The van der Waals surface area contributed by atoms with Crippen LogP contribution < -0.4 is 0 Å². The summed E-state index contributed by atoms with van der Waals surface area (Å²) in [4.78, 5) is 0. The highest BCUT2D eigenvalue weighted by Gasteiger charge is 2.07. The fourth-order valence-electron chi connectivity index (χ4n) is 0.912. The van der Waals surface area contributed by atoms with Crippen molar-refractivity contribution in [1.82, 2.24) is 0 Å². The number of benzene rings is 1. The lowest BCUT2D eigenvalue weighted by atomic mass is 10.0. The molecule has 1 nitrogen and oxygen atoms in total. The smallest absolute Gasteiger partial charge is 0.139 e. The maximum Gasteiger partial charge on any atom is 0.139 e. The minimum absolute atomic E-state index is 0.663. The molecule has 0 aliphatic heterocycles. The Morgan fingerprint density at radius 2 is 1.91 bits per heavy atom. The Morgan fingerprint density at radius 3 is 2.36 bits per heavy atom. The van der Waals surface area contributed by atoms with Crippen LogP contribution in [0.1, 0.15) is 18.6 Å². The summed E-state index contributed by atoms with van der Waals surface area (Å²) in [6, 6.07) is 9.28. The molecule has 1 aromatic rings. The minimum atomic E-state index is -0.767. The molecule has 1 atom stereocenters. The summed E-state index contributed by atoms with van der Waals surface area (Å²) in [5, 5.41) is 11.3. The Morgan fingerprint density at radius 1 is 1.36 bits per heavy atom. The Balaban J connectivity index is 2.85. The van der Waals surface area contributed by atoms with Gasteiger partial charge in [0, 0.05) is 0 Å². The van der Waals surface area contributed by atoms with Crippen LogP contribution in [0, 0.1) is 0 Å². The highest BCUT2D eigenvalue weighted by Crippen LogP contribution is 2.19. The van der Waals surface area contributed by atoms with Crippen molar-refractivity contribution in [3.63, 3.8) is 0 Å². The fraction of sp³-hybridized carbons (Fsp3) is 0.200. The van der Waals surface area contributed by atoms with Gasteiger partial charge in [0.15, 0.2) is 0 Å². The summed E-state index contributed by atoms with van der Waals surface area (Å²) in [6.07, 6.45) is -0.767. The van der Waals surface area contributed by atoms with Crippen molar-refractivity contribution in [3.05, 3.63) is 48.0 Å². The van der Waals surface area contributed by atoms with Crippen LogP contribution in [0.5, 0.6) is 0 Å². The van der Waals surface area contributed by atoms with Gasteiger partial charge >= 0.3 is 0 Å². The molecule has 0 amide bonds. The van der Waals surface area contributed by atoms with Crippen molar-refractivity contribution in [2.75, 3.05) is 0 Å². The summed E-state index contributed by atoms with van der Waals surface area (Å²) >= 11 is 0. The second kappa shape index (κ2) is 3.35. The third-order valence-corrected chi connectivity index (χ3v) is 1.55. The Hall–Kier alpha value is -1.08. The molecule has 0 aromatic heterocycles. The van der Waals surface area contributed by atoms with Crippen molar-refractivity contribution in [2.24, 2.45) is 0 Å². The van der Waals surface area contributed by atoms with E-state index in [1.165, 1.54) is 0 Å². The molecular formula is C10H11O. The van der Waals surface area contributed by atoms with Gasteiger partial charge in [-0.1, -0.05) is 36.9 Å². The highest BCUT2D eigenvalue weighted by molar-refractivity contribution is 5.23. The summed E-state index contributed by atoms with van der Waals surface area (Å²) in [7, 11) is 0. The first-order chi connectivity index (χ1) is 5.22. The van der Waals surface area contributed by atoms with E-state index in [0.717, 1.165) is 5.56 Å². The van der Waals surface area contributed by atoms with Gasteiger partial charge in [0.25, 0.3) is 0 Å². The largest absolute Gasteiger partial charge is 0.223 e. The van der Waals surface area contributed by atoms with E-state index < -0.39 is 6.10 Å². The zero-order valence-electron chi connectivity index (χ0n) is 6.58. The predicted octanol–water partition coefficient (Wildman–Crippen LogP) is 2.73. The van der Waals surface area contributed by atoms with Crippen LogP contribution in [0.15, 0.2) is 42.5 Å². The molecule has 0 heterocycles. The lowest BCUT2D eigenvalue weighted by Crippen LogP contribution is -1.94. The van der Waals surface area contributed by atoms with Crippen molar-refractivity contribution in [3.8, 4) is 0 Å². The summed E-state index contributed by atoms with van der Waals surface area (Å²) < 4.78 is 0. The molecule has 1 rings (SSSR count). The van der Waals surface area contributed by atoms with Gasteiger partial charge in [0.05, 0.1) is 0 Å². The van der Waals surface area contributed by atoms with E-state index in [0.29, 0.717) is 5.57 Å². The average molecular weight is 147 g/mol. The van der Waals surface area contributed by atoms with E-state index in [1.807, 2.05) is 30.3 Å². The minimum Gasteiger partial charge on any atom is -0.223 e. The monoisotopic (exact) mass is 147 g/mol. The molecule has 0 aliphatic rings. The quantitative estimate of drug-likeness (QED) is 0.573. The molecule has 1 radical (unpaired) electrons. The molecule has 0 saturated heterocycles. The Kier molecular flexibility index (Phi) is 2.44. The van der Waals surface area contributed by atoms with Gasteiger partial charge in [-0.15, -0.1) is 0 Å². The number of hydrogen-bond donors (Lipinski definition) is 0. The van der Waals surface area contributed by atoms with Crippen LogP contribution in [0.3, 0.4) is 0 Å². The molecule has 0 N–H and O–H groups in total. The van der Waals surface area contributed by atoms with Gasteiger partial charge in [-0.3, -0.25) is 0 Å². The zero-order valence-corrected chi connectivity index (χ0v) is 6.58. The first-order valence-electron chi connectivity index (χ1n) is 3.58. The van der Waals surface area contributed by atoms with Crippen LogP contribution in [-0.4, -0.2) is 0 Å². The Labute approximate surface area is 67.0 Å². The fourth-order valence-corrected chi connectivity index (χ4v) is 0.912. The summed E-state index contributed by atoms with van der Waals surface area (Å²) in [6.45, 7) is 5.37. The first-order valence-corrected chi connectivity index (χ1v) is 3.58. The maximum absolute atomic E-state index is 11.3. The van der Waals surface area contributed by atoms with Gasteiger partial charge < -0.3 is 0 Å². The zero-order chi connectivity index (χ0) is 8.27. The second-order valence-electron chi connectivity index (χ2n) is 2.64. The molecule has 0 bridgehead atoms. The average Bonchev–Trinajstić information content (AvgIpc) is 2.05. The lowest BCUT2D eigenvalue weighted by molar-refractivity contribution is 0.121. The van der Waals surface area contributed by atoms with Crippen molar-refractivity contribution >= 4 is 0 Å². The highest BCUT2D eigenvalue weighted by atomic mass is 16.3. The molecule has 57 valence electrons. The van der Waals surface area contributed by atoms with Crippen LogP contribution in [0.2, 0.25) is 0 Å². The topological polar surface area (TPSA) is 19.9 Å². The second-order valence-corrected chi connectivity index (χ2v) is 2.64. The third-order valence-electron chi connectivity index (χ3n) is 1.55. The van der Waals surface area contributed by atoms with Crippen molar-refractivity contribution < 1.29 is 5.11 Å². The Bertz CT molecular complexity index is 238. The molecule has 0 fully saturated rings. The molecule has 1 aromatic carbocycles. The molecule has 1 heteroatoms. The van der Waals surface area contributed by atoms with Crippen molar-refractivity contribution in [2.45, 2.75) is 13.0 Å². The van der Waals surface area contributed by atoms with Gasteiger partial charge in [-0.25, -0.2) is 5.11 Å². The van der Waals surface area contributed by atoms with E-state index in [2.05, 4.69) is 6.58 Å². The van der Waals surface area contributed by atoms with Gasteiger partial charge in [0.1, 0.15) is 6.10 Å². The van der Waals surface area contributed by atoms with Gasteiger partial charge in [-0.2, -0.15) is 0 Å². The van der Waals surface area contributed by atoms with E-state index in [1.54, 1.807) is 6.92 Å². The first kappa shape index (κ1) is 8.02. The molecular weight excluding hydrogens is 136 g/mol. The maximum atomic E-state index is 11.3. The van der Waals surface area contributed by atoms with Crippen molar-refractivity contribution in [1.29, 1.82) is 0 Å². The summed E-state index contributed by atoms with van der Waals surface area (Å²) in [5.41, 5.74) is 1.45. The SMILES string of the molecule is C=C(C)C([O])c1ccccc1. The van der Waals surface area contributed by atoms with Crippen LogP contribution in [0.4, 0.5) is 0 Å². The van der Waals surface area contributed by atoms with E-state index in [4.69, 9.17) is 0 Å². The lowest BCUT2D eigenvalue weighted by Gasteiger charge is -2.06. The van der Waals surface area contributed by atoms with Crippen LogP contribution in [0.25, 0.3) is 0 Å².